The van der Waals surface area contributed by atoms with Gasteiger partial charge < -0.3 is 21.3 Å². The van der Waals surface area contributed by atoms with Crippen LogP contribution in [0.5, 0.6) is 0 Å². The highest BCUT2D eigenvalue weighted by Gasteiger charge is 2.30. The van der Waals surface area contributed by atoms with Crippen LogP contribution in [0.15, 0.2) is 84.9 Å². The van der Waals surface area contributed by atoms with Crippen LogP contribution in [0.25, 0.3) is 21.5 Å². The summed E-state index contributed by atoms with van der Waals surface area (Å²) in [5.41, 5.74) is 1.80. The molecule has 5 rings (SSSR count). The number of piperidine rings is 1. The lowest BCUT2D eigenvalue weighted by molar-refractivity contribution is -0.133. The second kappa shape index (κ2) is 14.8. The number of ketones is 1. The summed E-state index contributed by atoms with van der Waals surface area (Å²) < 4.78 is 0. The number of Topliss-reactive ketones (excluding diaryl/α,β-unsaturated/α-hetero) is 1. The second-order valence-corrected chi connectivity index (χ2v) is 11.7. The van der Waals surface area contributed by atoms with Gasteiger partial charge in [0.05, 0.1) is 0 Å². The summed E-state index contributed by atoms with van der Waals surface area (Å²) in [6, 6.07) is 26.2. The summed E-state index contributed by atoms with van der Waals surface area (Å²) in [5, 5.41) is 16.3. The van der Waals surface area contributed by atoms with Gasteiger partial charge in [0.15, 0.2) is 0 Å². The number of nitrogens with one attached hydrogen (secondary N) is 4. The lowest BCUT2D eigenvalue weighted by Crippen LogP contribution is -2.56. The van der Waals surface area contributed by atoms with Gasteiger partial charge in [-0.2, -0.15) is 0 Å². The molecule has 1 fully saturated rings. The minimum Gasteiger partial charge on any atom is -0.354 e. The zero-order valence-corrected chi connectivity index (χ0v) is 25.1. The third-order valence-corrected chi connectivity index (χ3v) is 8.26. The third kappa shape index (κ3) is 8.29. The number of rotatable bonds is 12. The van der Waals surface area contributed by atoms with E-state index < -0.39 is 18.0 Å². The van der Waals surface area contributed by atoms with Gasteiger partial charge in [-0.25, -0.2) is 0 Å². The molecule has 2 atom stereocenters. The third-order valence-electron chi connectivity index (χ3n) is 8.26. The van der Waals surface area contributed by atoms with Crippen molar-refractivity contribution >= 4 is 45.0 Å². The molecule has 1 heterocycles. The normalized spacial score (nSPS) is 14.9. The van der Waals surface area contributed by atoms with Crippen LogP contribution in [0.4, 0.5) is 0 Å². The molecule has 0 bridgehead atoms. The Morgan fingerprint density at radius 3 is 1.77 bits per heavy atom. The van der Waals surface area contributed by atoms with E-state index in [9.17, 15) is 19.2 Å². The molecule has 4 aromatic rings. The van der Waals surface area contributed by atoms with E-state index in [0.29, 0.717) is 12.8 Å². The number of amides is 3. The number of carbonyl (C=O) groups excluding carboxylic acids is 4. The Kier molecular flexibility index (Phi) is 10.4. The van der Waals surface area contributed by atoms with Crippen LogP contribution in [0.3, 0.4) is 0 Å². The van der Waals surface area contributed by atoms with Crippen molar-refractivity contribution in [2.24, 2.45) is 5.92 Å². The predicted octanol–water partition coefficient (Wildman–Crippen LogP) is 3.84. The standard InChI is InChI=1S/C36H40N4O4/c1-24(41)14-19-38-35(43)32(22-25-10-12-27-6-2-4-8-30(27)20-25)40-36(44)33(39-34(42)29-15-17-37-18-16-29)23-26-11-13-28-7-3-5-9-31(28)21-26/h2-13,20-21,29,32-33,37H,14-19,22-23H2,1H3,(H,38,43)(H,39,42)(H,40,44). The SMILES string of the molecule is CC(=O)CCNC(=O)C(Cc1ccc2ccccc2c1)NC(=O)C(Cc1ccc2ccccc2c1)NC(=O)C1CCNCC1. The Bertz CT molecular complexity index is 1650. The second-order valence-electron chi connectivity index (χ2n) is 11.7. The van der Waals surface area contributed by atoms with Crippen molar-refractivity contribution in [2.45, 2.75) is 51.1 Å². The van der Waals surface area contributed by atoms with Crippen LogP contribution in [0.2, 0.25) is 0 Å². The maximum Gasteiger partial charge on any atom is 0.243 e. The van der Waals surface area contributed by atoms with Crippen LogP contribution in [-0.4, -0.2) is 55.2 Å². The average Bonchev–Trinajstić information content (AvgIpc) is 3.04. The molecule has 8 nitrogen and oxygen atoms in total. The molecule has 228 valence electrons. The Hall–Kier alpha value is -4.56. The number of fused-ring (bicyclic) bond motifs is 2. The molecular weight excluding hydrogens is 552 g/mol. The molecule has 3 amide bonds. The van der Waals surface area contributed by atoms with Gasteiger partial charge in [0, 0.05) is 31.7 Å². The monoisotopic (exact) mass is 592 g/mol. The van der Waals surface area contributed by atoms with E-state index in [1.807, 2.05) is 84.9 Å². The number of carbonyl (C=O) groups is 4. The van der Waals surface area contributed by atoms with Gasteiger partial charge in [0.2, 0.25) is 17.7 Å². The molecule has 4 N–H and O–H groups in total. The molecule has 0 aliphatic carbocycles. The van der Waals surface area contributed by atoms with Gasteiger partial charge in [0.1, 0.15) is 17.9 Å². The van der Waals surface area contributed by atoms with Gasteiger partial charge >= 0.3 is 0 Å². The highest BCUT2D eigenvalue weighted by Crippen LogP contribution is 2.19. The Balaban J connectivity index is 1.38. The zero-order valence-electron chi connectivity index (χ0n) is 25.1. The fraction of sp³-hybridized carbons (Fsp3) is 0.333. The van der Waals surface area contributed by atoms with Crippen molar-refractivity contribution < 1.29 is 19.2 Å². The van der Waals surface area contributed by atoms with Crippen molar-refractivity contribution in [3.05, 3.63) is 96.1 Å². The zero-order chi connectivity index (χ0) is 30.9. The van der Waals surface area contributed by atoms with Crippen LogP contribution >= 0.6 is 0 Å². The van der Waals surface area contributed by atoms with E-state index in [1.165, 1.54) is 6.92 Å². The molecule has 8 heteroatoms. The van der Waals surface area contributed by atoms with Gasteiger partial charge in [-0.15, -0.1) is 0 Å². The fourth-order valence-corrected chi connectivity index (χ4v) is 5.75. The van der Waals surface area contributed by atoms with Crippen molar-refractivity contribution in [2.75, 3.05) is 19.6 Å². The average molecular weight is 593 g/mol. The van der Waals surface area contributed by atoms with Gasteiger partial charge in [-0.3, -0.25) is 19.2 Å². The number of hydrogen-bond acceptors (Lipinski definition) is 5. The minimum atomic E-state index is -0.898. The first-order chi connectivity index (χ1) is 21.4. The summed E-state index contributed by atoms with van der Waals surface area (Å²) in [6.45, 7) is 3.18. The first kappa shape index (κ1) is 30.9. The van der Waals surface area contributed by atoms with E-state index >= 15 is 0 Å². The smallest absolute Gasteiger partial charge is 0.243 e. The first-order valence-electron chi connectivity index (χ1n) is 15.4. The Labute approximate surface area is 258 Å². The predicted molar refractivity (Wildman–Crippen MR) is 173 cm³/mol. The highest BCUT2D eigenvalue weighted by atomic mass is 16.2. The van der Waals surface area contributed by atoms with Crippen LogP contribution in [0, 0.1) is 5.92 Å². The Morgan fingerprint density at radius 2 is 1.23 bits per heavy atom. The molecule has 1 saturated heterocycles. The molecule has 1 aliphatic rings. The van der Waals surface area contributed by atoms with E-state index in [0.717, 1.165) is 45.8 Å². The highest BCUT2D eigenvalue weighted by molar-refractivity contribution is 5.93. The van der Waals surface area contributed by atoms with Gasteiger partial charge in [0.25, 0.3) is 0 Å². The van der Waals surface area contributed by atoms with E-state index in [4.69, 9.17) is 0 Å². The summed E-state index contributed by atoms with van der Waals surface area (Å²) >= 11 is 0. The topological polar surface area (TPSA) is 116 Å². The molecule has 44 heavy (non-hydrogen) atoms. The van der Waals surface area contributed by atoms with Crippen LogP contribution < -0.4 is 21.3 Å². The van der Waals surface area contributed by atoms with Gasteiger partial charge in [-0.05, 0) is 65.5 Å². The van der Waals surface area contributed by atoms with Crippen LogP contribution in [-0.2, 0) is 32.0 Å². The summed E-state index contributed by atoms with van der Waals surface area (Å²) in [4.78, 5) is 52.2. The molecule has 0 spiro atoms. The van der Waals surface area contributed by atoms with Crippen molar-refractivity contribution in [1.82, 2.24) is 21.3 Å². The lowest BCUT2D eigenvalue weighted by Gasteiger charge is -2.27. The minimum absolute atomic E-state index is 0.0310. The largest absolute Gasteiger partial charge is 0.354 e. The molecule has 0 aromatic heterocycles. The van der Waals surface area contributed by atoms with E-state index in [-0.39, 0.29) is 49.3 Å². The van der Waals surface area contributed by atoms with Crippen molar-refractivity contribution in [3.63, 3.8) is 0 Å². The molecule has 4 aromatic carbocycles. The number of benzene rings is 4. The quantitative estimate of drug-likeness (QED) is 0.200. The molecule has 0 radical (unpaired) electrons. The summed E-state index contributed by atoms with van der Waals surface area (Å²) in [6.07, 6.45) is 2.16. The summed E-state index contributed by atoms with van der Waals surface area (Å²) in [7, 11) is 0. The number of hydrogen-bond donors (Lipinski definition) is 4. The Morgan fingerprint density at radius 1 is 0.705 bits per heavy atom. The van der Waals surface area contributed by atoms with E-state index in [1.54, 1.807) is 0 Å². The van der Waals surface area contributed by atoms with Crippen LogP contribution in [0.1, 0.15) is 37.3 Å². The molecule has 2 unspecified atom stereocenters. The van der Waals surface area contributed by atoms with Gasteiger partial charge in [-0.1, -0.05) is 84.9 Å². The van der Waals surface area contributed by atoms with Crippen molar-refractivity contribution in [3.8, 4) is 0 Å². The summed E-state index contributed by atoms with van der Waals surface area (Å²) in [5.74, 6) is -1.15. The molecule has 1 aliphatic heterocycles. The lowest BCUT2D eigenvalue weighted by atomic mass is 9.95. The fourth-order valence-electron chi connectivity index (χ4n) is 5.75. The van der Waals surface area contributed by atoms with Crippen molar-refractivity contribution in [1.29, 1.82) is 0 Å². The molecular formula is C36H40N4O4. The molecule has 0 saturated carbocycles. The maximum atomic E-state index is 14.0. The maximum absolute atomic E-state index is 14.0. The first-order valence-corrected chi connectivity index (χ1v) is 15.4. The van der Waals surface area contributed by atoms with E-state index in [2.05, 4.69) is 21.3 Å².